The summed E-state index contributed by atoms with van der Waals surface area (Å²) < 4.78 is 5.76. The first-order valence-electron chi connectivity index (χ1n) is 29.0. The largest absolute Gasteiger partial charge is 0.504 e. The highest BCUT2D eigenvalue weighted by molar-refractivity contribution is 5.98. The molecule has 24 heteroatoms. The van der Waals surface area contributed by atoms with Crippen molar-refractivity contribution in [3.63, 3.8) is 0 Å². The van der Waals surface area contributed by atoms with Crippen LogP contribution in [0.3, 0.4) is 0 Å². The summed E-state index contributed by atoms with van der Waals surface area (Å²) in [4.78, 5) is 114. The molecule has 0 spiro atoms. The molecule has 3 saturated heterocycles. The molecular weight excluding hydrogens is 1060 g/mol. The number of nitrogens with zero attached hydrogens (tertiary/aromatic N) is 2. The maximum atomic E-state index is 14.6. The molecule has 2 aromatic carbocycles. The maximum Gasteiger partial charge on any atom is 0.248 e. The number of aliphatic hydroxyl groups excluding tert-OH is 6. The van der Waals surface area contributed by atoms with E-state index in [0.717, 1.165) is 47.5 Å². The van der Waals surface area contributed by atoms with Gasteiger partial charge in [0, 0.05) is 51.2 Å². The van der Waals surface area contributed by atoms with Crippen LogP contribution in [0.4, 0.5) is 0 Å². The molecule has 3 fully saturated rings. The Bertz CT molecular complexity index is 2440. The molecule has 0 aliphatic carbocycles. The van der Waals surface area contributed by atoms with E-state index in [2.05, 4.69) is 33.5 Å². The average Bonchev–Trinajstić information content (AvgIpc) is 4.20. The molecule has 5 rings (SSSR count). The summed E-state index contributed by atoms with van der Waals surface area (Å²) in [7, 11) is 0. The second-order valence-corrected chi connectivity index (χ2v) is 22.3. The third-order valence-corrected chi connectivity index (χ3v) is 15.4. The van der Waals surface area contributed by atoms with Crippen LogP contribution >= 0.6 is 0 Å². The van der Waals surface area contributed by atoms with Crippen LogP contribution in [0.25, 0.3) is 0 Å². The topological polar surface area (TPSA) is 380 Å². The van der Waals surface area contributed by atoms with Crippen molar-refractivity contribution in [3.05, 3.63) is 59.7 Å². The highest BCUT2D eigenvalue weighted by Crippen LogP contribution is 2.30. The summed E-state index contributed by atoms with van der Waals surface area (Å²) in [6.45, 7) is 3.46. The molecular formula is C58H88N8O16. The van der Waals surface area contributed by atoms with E-state index in [9.17, 15) is 74.1 Å². The summed E-state index contributed by atoms with van der Waals surface area (Å²) >= 11 is 0. The van der Waals surface area contributed by atoms with E-state index in [1.807, 2.05) is 30.3 Å². The monoisotopic (exact) mass is 1150 g/mol. The number of rotatable bonds is 25. The highest BCUT2D eigenvalue weighted by Gasteiger charge is 2.50. The Morgan fingerprint density at radius 2 is 1.29 bits per heavy atom. The second-order valence-electron chi connectivity index (χ2n) is 22.3. The number of ether oxygens (including phenoxy) is 1. The molecule has 0 unspecified atom stereocenters. The zero-order chi connectivity index (χ0) is 60.0. The summed E-state index contributed by atoms with van der Waals surface area (Å²) in [6.07, 6.45) is 1.18. The first-order chi connectivity index (χ1) is 39.1. The Hall–Kier alpha value is -6.44. The smallest absolute Gasteiger partial charge is 0.248 e. The van der Waals surface area contributed by atoms with E-state index in [0.29, 0.717) is 6.42 Å². The molecule has 0 radical (unpaired) electrons. The molecule has 0 aromatic heterocycles. The van der Waals surface area contributed by atoms with E-state index in [1.165, 1.54) is 77.0 Å². The number of aliphatic hydroxyl groups is 6. The lowest BCUT2D eigenvalue weighted by molar-refractivity contribution is -0.147. The van der Waals surface area contributed by atoms with Crippen LogP contribution in [0.2, 0.25) is 0 Å². The summed E-state index contributed by atoms with van der Waals surface area (Å²) in [5, 5.41) is 91.2. The Morgan fingerprint density at radius 1 is 0.695 bits per heavy atom. The van der Waals surface area contributed by atoms with Crippen LogP contribution in [-0.2, 0) is 51.4 Å². The fraction of sp³-hybridized carbons (Fsp3) is 0.655. The van der Waals surface area contributed by atoms with E-state index in [-0.39, 0.29) is 36.6 Å². The number of phenolic OH excluding ortho intramolecular Hbond substituents is 1. The number of β-amino-alcohol motifs (C(OH)–C–C–N with tert-alkyl or cyclic N) is 1. The van der Waals surface area contributed by atoms with Gasteiger partial charge in [0.15, 0.2) is 11.5 Å². The molecule has 456 valence electrons. The van der Waals surface area contributed by atoms with Crippen LogP contribution < -0.4 is 37.1 Å². The number of hydrogen-bond donors (Lipinski definition) is 13. The van der Waals surface area contributed by atoms with Gasteiger partial charge in [-0.05, 0) is 36.6 Å². The van der Waals surface area contributed by atoms with Gasteiger partial charge < -0.3 is 82.6 Å². The van der Waals surface area contributed by atoms with Gasteiger partial charge in [-0.2, -0.15) is 0 Å². The summed E-state index contributed by atoms with van der Waals surface area (Å²) in [6, 6.07) is 2.08. The van der Waals surface area contributed by atoms with Gasteiger partial charge in [0.2, 0.25) is 47.3 Å². The standard InChI is InChI=1S/C58H88N8O16/c1-4-5-6-7-8-9-10-11-12-13-14-15-19-22-47(74)61-40-27-38(68)30-60-56(79)51-52(75)34(2)31-66(51)58(81)50(44(72)29-46(59)73)64-55(78)49(43(71)26-37-23-24-45(42(70)25-37)82-33-36-20-17-16-18-21-36)63-54(77)41-28-39(69)32-65(41)57(80)48(35(3)67)62-53(40)76/h16-18,20-21,23-25,34-35,38-41,43-44,48-52,67-72,75H,4-15,19,22,26-33H2,1-3H3,(H2,59,73)(H,60,79)(H,61,74)(H,62,76)(H,63,77)(H,64,78)/t34-,35+,38+,39+,40-,41-,43+,44+,48-,49-,50-,51-,52-/m0/s1. The predicted octanol–water partition coefficient (Wildman–Crippen LogP) is -0.0374. The average molecular weight is 1150 g/mol. The minimum Gasteiger partial charge on any atom is -0.504 e. The molecule has 3 aliphatic rings. The number of unbranched alkanes of at least 4 members (excludes halogenated alkanes) is 12. The lowest BCUT2D eigenvalue weighted by atomic mass is 9.98. The van der Waals surface area contributed by atoms with Crippen molar-refractivity contribution in [1.82, 2.24) is 36.4 Å². The fourth-order valence-electron chi connectivity index (χ4n) is 10.7. The van der Waals surface area contributed by atoms with Crippen molar-refractivity contribution in [3.8, 4) is 11.5 Å². The van der Waals surface area contributed by atoms with Crippen LogP contribution in [0.1, 0.15) is 141 Å². The molecule has 3 heterocycles. The fourth-order valence-corrected chi connectivity index (χ4v) is 10.7. The Labute approximate surface area is 479 Å². The molecule has 24 nitrogen and oxygen atoms in total. The lowest BCUT2D eigenvalue weighted by Crippen LogP contribution is -2.64. The molecule has 0 saturated carbocycles. The van der Waals surface area contributed by atoms with E-state index in [4.69, 9.17) is 10.5 Å². The highest BCUT2D eigenvalue weighted by atomic mass is 16.5. The van der Waals surface area contributed by atoms with Gasteiger partial charge in [-0.25, -0.2) is 0 Å². The zero-order valence-electron chi connectivity index (χ0n) is 47.5. The number of primary amides is 1. The number of amides is 8. The van der Waals surface area contributed by atoms with Crippen molar-refractivity contribution < 1.29 is 78.8 Å². The number of carbonyl (C=O) groups is 8. The number of nitrogens with one attached hydrogen (secondary N) is 5. The summed E-state index contributed by atoms with van der Waals surface area (Å²) in [5.41, 5.74) is 6.42. The van der Waals surface area contributed by atoms with Crippen LogP contribution in [0.15, 0.2) is 48.5 Å². The van der Waals surface area contributed by atoms with Crippen molar-refractivity contribution in [2.45, 2.75) is 216 Å². The number of phenols is 1. The number of aromatic hydroxyl groups is 1. The lowest BCUT2D eigenvalue weighted by Gasteiger charge is -2.33. The minimum absolute atomic E-state index is 0.00169. The SMILES string of the molecule is CCCCCCCCCCCCCCCC(=O)N[C@H]1C[C@@H](O)CNC(=O)[C@@H]2[C@@H](O)[C@@H](C)CN2C(=O)[C@H]([C@H](O)CC(N)=O)NC(=O)[C@H]([C@H](O)Cc2ccc(OCc3ccccc3)c(O)c2)NC(=O)[C@@H]2C[C@@H](O)CN2C(=O)[C@H]([C@@H](C)O)NC1=O. The van der Waals surface area contributed by atoms with Crippen molar-refractivity contribution in [2.24, 2.45) is 11.7 Å². The minimum atomic E-state index is -2.15. The Balaban J connectivity index is 1.43. The first-order valence-corrected chi connectivity index (χ1v) is 29.0. The van der Waals surface area contributed by atoms with Crippen LogP contribution in [0, 0.1) is 5.92 Å². The van der Waals surface area contributed by atoms with Crippen LogP contribution in [-0.4, -0.2) is 185 Å². The first kappa shape index (κ1) is 66.4. The third kappa shape index (κ3) is 19.9. The molecule has 8 amide bonds. The number of carbonyl (C=O) groups excluding carboxylic acids is 8. The van der Waals surface area contributed by atoms with Crippen molar-refractivity contribution >= 4 is 47.3 Å². The molecule has 2 aromatic rings. The van der Waals surface area contributed by atoms with Crippen molar-refractivity contribution in [2.75, 3.05) is 19.6 Å². The van der Waals surface area contributed by atoms with Gasteiger partial charge >= 0.3 is 0 Å². The second kappa shape index (κ2) is 33.0. The molecule has 14 N–H and O–H groups in total. The quantitative estimate of drug-likeness (QED) is 0.0580. The van der Waals surface area contributed by atoms with Crippen LogP contribution in [0.5, 0.6) is 11.5 Å². The number of benzene rings is 2. The van der Waals surface area contributed by atoms with Gasteiger partial charge in [0.1, 0.15) is 42.9 Å². The van der Waals surface area contributed by atoms with E-state index < -0.39 is 165 Å². The van der Waals surface area contributed by atoms with E-state index >= 15 is 0 Å². The van der Waals surface area contributed by atoms with Gasteiger partial charge in [0.25, 0.3) is 0 Å². The van der Waals surface area contributed by atoms with E-state index in [1.54, 1.807) is 0 Å². The molecule has 13 atom stereocenters. The maximum absolute atomic E-state index is 14.6. The zero-order valence-corrected chi connectivity index (χ0v) is 47.5. The number of hydrogen-bond acceptors (Lipinski definition) is 16. The molecule has 0 bridgehead atoms. The van der Waals surface area contributed by atoms with Gasteiger partial charge in [-0.3, -0.25) is 38.4 Å². The summed E-state index contributed by atoms with van der Waals surface area (Å²) in [5.74, 6) is -9.69. The predicted molar refractivity (Wildman–Crippen MR) is 299 cm³/mol. The Morgan fingerprint density at radius 3 is 1.90 bits per heavy atom. The number of nitrogens with two attached hydrogens (primary N) is 1. The Kier molecular flexibility index (Phi) is 26.7. The number of fused-ring (bicyclic) bond motifs is 2. The third-order valence-electron chi connectivity index (χ3n) is 15.4. The molecule has 3 aliphatic heterocycles. The molecule has 82 heavy (non-hydrogen) atoms. The van der Waals surface area contributed by atoms with Gasteiger partial charge in [-0.1, -0.05) is 127 Å². The van der Waals surface area contributed by atoms with Gasteiger partial charge in [-0.15, -0.1) is 0 Å². The van der Waals surface area contributed by atoms with Gasteiger partial charge in [0.05, 0.1) is 43.0 Å². The normalized spacial score (nSPS) is 26.3. The van der Waals surface area contributed by atoms with Crippen molar-refractivity contribution in [1.29, 1.82) is 0 Å².